The highest BCUT2D eigenvalue weighted by Gasteiger charge is 2.36. The Bertz CT molecular complexity index is 1870. The maximum Gasteiger partial charge on any atom is 0.328 e. The second kappa shape index (κ2) is 11.8. The summed E-state index contributed by atoms with van der Waals surface area (Å²) in [7, 11) is 2.87. The number of allylic oxidation sites excluding steroid dienone is 3. The first-order valence-corrected chi connectivity index (χ1v) is 12.8. The van der Waals surface area contributed by atoms with E-state index in [0.29, 0.717) is 22.4 Å². The molecule has 1 aliphatic heterocycles. The van der Waals surface area contributed by atoms with Crippen LogP contribution in [0.15, 0.2) is 99.8 Å². The van der Waals surface area contributed by atoms with E-state index in [1.54, 1.807) is 60.7 Å². The molecule has 1 unspecified atom stereocenters. The van der Waals surface area contributed by atoms with Gasteiger partial charge in [-0.1, -0.05) is 54.6 Å². The Kier molecular flexibility index (Phi) is 7.78. The molecule has 3 aromatic carbocycles. The molecular weight excluding hydrogens is 540 g/mol. The predicted octanol–water partition coefficient (Wildman–Crippen LogP) is 4.27. The fourth-order valence-electron chi connectivity index (χ4n) is 4.69. The third kappa shape index (κ3) is 5.59. The summed E-state index contributed by atoms with van der Waals surface area (Å²) in [4.78, 5) is 43.9. The average Bonchev–Trinajstić information content (AvgIpc) is 2.98. The fraction of sp³-hybridized carbons (Fsp3) is 0.0938. The SMILES string of the molecule is COc1ccc(/C=C/C(=O)C2=C(/C=C/c3ccc(OC)c(O)c3)Oc3[nH]c(=O)[nH]c(=O)c3C2c2ccccc2)cc1O. The maximum atomic E-state index is 13.9. The summed E-state index contributed by atoms with van der Waals surface area (Å²) in [5, 5.41) is 20.4. The monoisotopic (exact) mass is 566 g/mol. The van der Waals surface area contributed by atoms with Crippen LogP contribution in [0.4, 0.5) is 0 Å². The average molecular weight is 567 g/mol. The minimum atomic E-state index is -0.902. The standard InChI is InChI=1S/C32H26N2O8/c1-40-24-13-9-18(16-22(24)36)8-12-21(35)28-26(15-11-19-10-14-25(41-2)23(37)17-19)42-31-29(30(38)33-32(39)34-31)27(28)20-6-4-3-5-7-20/h3-17,27,36-37H,1-2H3,(H2,33,34,38,39)/b12-8+,15-11+. The molecule has 212 valence electrons. The normalized spacial score (nSPS) is 14.6. The maximum absolute atomic E-state index is 13.9. The highest BCUT2D eigenvalue weighted by Crippen LogP contribution is 2.41. The summed E-state index contributed by atoms with van der Waals surface area (Å²) in [6.45, 7) is 0. The summed E-state index contributed by atoms with van der Waals surface area (Å²) in [5.41, 5.74) is 0.466. The van der Waals surface area contributed by atoms with Crippen LogP contribution in [0.3, 0.4) is 0 Å². The zero-order valence-corrected chi connectivity index (χ0v) is 22.6. The van der Waals surface area contributed by atoms with Crippen molar-refractivity contribution in [2.24, 2.45) is 0 Å². The smallest absolute Gasteiger partial charge is 0.328 e. The van der Waals surface area contributed by atoms with Crippen molar-refractivity contribution in [1.82, 2.24) is 9.97 Å². The summed E-state index contributed by atoms with van der Waals surface area (Å²) in [6, 6.07) is 18.3. The minimum absolute atomic E-state index is 0.0684. The van der Waals surface area contributed by atoms with Crippen LogP contribution in [0, 0.1) is 0 Å². The number of hydrogen-bond donors (Lipinski definition) is 4. The van der Waals surface area contributed by atoms with Crippen molar-refractivity contribution in [3.05, 3.63) is 133 Å². The van der Waals surface area contributed by atoms with Gasteiger partial charge in [0.1, 0.15) is 5.76 Å². The number of phenolic OH excluding ortho intramolecular Hbond substituents is 2. The van der Waals surface area contributed by atoms with Gasteiger partial charge in [0, 0.05) is 0 Å². The van der Waals surface area contributed by atoms with E-state index in [1.165, 1.54) is 44.6 Å². The number of methoxy groups -OCH3 is 2. The number of hydrogen-bond acceptors (Lipinski definition) is 8. The van der Waals surface area contributed by atoms with Crippen molar-refractivity contribution in [3.63, 3.8) is 0 Å². The number of carbonyl (C=O) groups is 1. The Morgan fingerprint density at radius 3 is 2.05 bits per heavy atom. The van der Waals surface area contributed by atoms with Crippen molar-refractivity contribution in [2.45, 2.75) is 5.92 Å². The zero-order chi connectivity index (χ0) is 29.8. The molecule has 1 aromatic heterocycles. The van der Waals surface area contributed by atoms with Gasteiger partial charge in [-0.3, -0.25) is 19.6 Å². The molecule has 1 atom stereocenters. The van der Waals surface area contributed by atoms with E-state index in [0.717, 1.165) is 0 Å². The van der Waals surface area contributed by atoms with E-state index < -0.39 is 23.0 Å². The van der Waals surface area contributed by atoms with E-state index in [4.69, 9.17) is 14.2 Å². The van der Waals surface area contributed by atoms with Crippen molar-refractivity contribution in [2.75, 3.05) is 14.2 Å². The molecule has 10 nitrogen and oxygen atoms in total. The second-order valence-corrected chi connectivity index (χ2v) is 9.27. The van der Waals surface area contributed by atoms with Crippen molar-refractivity contribution in [3.8, 4) is 28.9 Å². The van der Waals surface area contributed by atoms with Gasteiger partial charge in [-0.15, -0.1) is 0 Å². The Balaban J connectivity index is 1.67. The van der Waals surface area contributed by atoms with Gasteiger partial charge in [0.05, 0.1) is 31.3 Å². The number of H-pyrrole nitrogens is 2. The Hall–Kier alpha value is -5.77. The molecule has 0 spiro atoms. The van der Waals surface area contributed by atoms with Crippen molar-refractivity contribution < 1.29 is 29.2 Å². The molecule has 0 radical (unpaired) electrons. The molecular formula is C32H26N2O8. The van der Waals surface area contributed by atoms with E-state index in [2.05, 4.69) is 9.97 Å². The molecule has 0 bridgehead atoms. The molecule has 4 N–H and O–H groups in total. The summed E-state index contributed by atoms with van der Waals surface area (Å²) in [6.07, 6.45) is 5.98. The molecule has 1 aliphatic rings. The molecule has 42 heavy (non-hydrogen) atoms. The molecule has 0 fully saturated rings. The summed E-state index contributed by atoms with van der Waals surface area (Å²) in [5.74, 6) is -0.980. The third-order valence-corrected chi connectivity index (χ3v) is 6.66. The third-order valence-electron chi connectivity index (χ3n) is 6.66. The van der Waals surface area contributed by atoms with E-state index >= 15 is 0 Å². The number of benzene rings is 3. The van der Waals surface area contributed by atoms with E-state index in [9.17, 15) is 24.6 Å². The minimum Gasteiger partial charge on any atom is -0.504 e. The number of ketones is 1. The number of nitrogens with one attached hydrogen (secondary N) is 2. The van der Waals surface area contributed by atoms with Gasteiger partial charge in [0.25, 0.3) is 5.56 Å². The first-order chi connectivity index (χ1) is 20.3. The highest BCUT2D eigenvalue weighted by molar-refractivity contribution is 6.09. The zero-order valence-electron chi connectivity index (χ0n) is 22.6. The molecule has 2 heterocycles. The van der Waals surface area contributed by atoms with Crippen molar-refractivity contribution >= 4 is 17.9 Å². The molecule has 0 amide bonds. The van der Waals surface area contributed by atoms with Gasteiger partial charge in [0.2, 0.25) is 5.88 Å². The number of fused-ring (bicyclic) bond motifs is 1. The van der Waals surface area contributed by atoms with Crippen LogP contribution < -0.4 is 25.5 Å². The van der Waals surface area contributed by atoms with Crippen LogP contribution in [-0.4, -0.2) is 40.2 Å². The second-order valence-electron chi connectivity index (χ2n) is 9.27. The van der Waals surface area contributed by atoms with Crippen molar-refractivity contribution in [1.29, 1.82) is 0 Å². The number of rotatable bonds is 8. The topological polar surface area (TPSA) is 151 Å². The van der Waals surface area contributed by atoms with Crippen LogP contribution in [0.2, 0.25) is 0 Å². The molecule has 0 saturated carbocycles. The Labute approximate surface area is 239 Å². The van der Waals surface area contributed by atoms with Gasteiger partial charge in [0.15, 0.2) is 28.8 Å². The number of ether oxygens (including phenoxy) is 3. The van der Waals surface area contributed by atoms with E-state index in [1.807, 2.05) is 0 Å². The number of aromatic nitrogens is 2. The Morgan fingerprint density at radius 1 is 0.833 bits per heavy atom. The first-order valence-electron chi connectivity index (χ1n) is 12.8. The predicted molar refractivity (Wildman–Crippen MR) is 156 cm³/mol. The van der Waals surface area contributed by atoms with Crippen LogP contribution in [0.25, 0.3) is 12.2 Å². The molecule has 10 heteroatoms. The molecule has 5 rings (SSSR count). The van der Waals surface area contributed by atoms with Crippen LogP contribution in [-0.2, 0) is 4.79 Å². The molecule has 4 aromatic rings. The van der Waals surface area contributed by atoms with Crippen LogP contribution >= 0.6 is 0 Å². The number of phenols is 2. The quantitative estimate of drug-likeness (QED) is 0.231. The van der Waals surface area contributed by atoms with Crippen LogP contribution in [0.5, 0.6) is 28.9 Å². The van der Waals surface area contributed by atoms with Gasteiger partial charge in [-0.05, 0) is 53.1 Å². The summed E-state index contributed by atoms with van der Waals surface area (Å²) < 4.78 is 16.2. The lowest BCUT2D eigenvalue weighted by Crippen LogP contribution is -2.33. The Morgan fingerprint density at radius 2 is 1.45 bits per heavy atom. The van der Waals surface area contributed by atoms with Gasteiger partial charge < -0.3 is 24.4 Å². The van der Waals surface area contributed by atoms with Gasteiger partial charge in [-0.25, -0.2) is 4.79 Å². The lowest BCUT2D eigenvalue weighted by atomic mass is 9.81. The highest BCUT2D eigenvalue weighted by atomic mass is 16.5. The fourth-order valence-corrected chi connectivity index (χ4v) is 4.69. The van der Waals surface area contributed by atoms with E-state index in [-0.39, 0.29) is 40.0 Å². The lowest BCUT2D eigenvalue weighted by molar-refractivity contribution is -0.111. The lowest BCUT2D eigenvalue weighted by Gasteiger charge is -2.27. The van der Waals surface area contributed by atoms with Gasteiger partial charge >= 0.3 is 5.69 Å². The number of aromatic hydroxyl groups is 2. The van der Waals surface area contributed by atoms with Gasteiger partial charge in [-0.2, -0.15) is 0 Å². The molecule has 0 aliphatic carbocycles. The largest absolute Gasteiger partial charge is 0.504 e. The summed E-state index contributed by atoms with van der Waals surface area (Å²) >= 11 is 0. The van der Waals surface area contributed by atoms with Crippen LogP contribution in [0.1, 0.15) is 28.2 Å². The number of aromatic amines is 2. The number of carbonyl (C=O) groups excluding carboxylic acids is 1. The first kappa shape index (κ1) is 27.8. The molecule has 0 saturated heterocycles.